The molecule has 2 aromatic heterocycles. The van der Waals surface area contributed by atoms with Gasteiger partial charge in [-0.1, -0.05) is 0 Å². The molecular weight excluding hydrogens is 208 g/mol. The zero-order valence-electron chi connectivity index (χ0n) is 8.88. The van der Waals surface area contributed by atoms with Crippen molar-refractivity contribution in [1.29, 1.82) is 0 Å². The molecule has 0 spiro atoms. The molecule has 0 unspecified atom stereocenters. The summed E-state index contributed by atoms with van der Waals surface area (Å²) in [4.78, 5) is 19.1. The predicted molar refractivity (Wildman–Crippen MR) is 55.9 cm³/mol. The number of rotatable bonds is 2. The highest BCUT2D eigenvalue weighted by atomic mass is 16.4. The summed E-state index contributed by atoms with van der Waals surface area (Å²) in [6.07, 6.45) is 2.90. The fourth-order valence-electron chi connectivity index (χ4n) is 1.48. The van der Waals surface area contributed by atoms with Crippen LogP contribution in [0.25, 0.3) is 11.3 Å². The molecule has 82 valence electrons. The van der Waals surface area contributed by atoms with Gasteiger partial charge >= 0.3 is 5.97 Å². The Morgan fingerprint density at radius 3 is 2.81 bits per heavy atom. The predicted octanol–water partition coefficient (Wildman–Crippen LogP) is 0.884. The summed E-state index contributed by atoms with van der Waals surface area (Å²) >= 11 is 0. The minimum absolute atomic E-state index is 0.123. The third-order valence-electron chi connectivity index (χ3n) is 2.22. The van der Waals surface area contributed by atoms with Gasteiger partial charge in [-0.2, -0.15) is 5.10 Å². The van der Waals surface area contributed by atoms with Crippen molar-refractivity contribution in [2.45, 2.75) is 6.92 Å². The fraction of sp³-hybridized carbons (Fsp3) is 0.200. The van der Waals surface area contributed by atoms with Crippen molar-refractivity contribution >= 4 is 5.97 Å². The van der Waals surface area contributed by atoms with Gasteiger partial charge in [-0.3, -0.25) is 4.68 Å². The van der Waals surface area contributed by atoms with Crippen LogP contribution in [0.4, 0.5) is 0 Å². The molecular formula is C10H10N4O2. The first-order valence-electron chi connectivity index (χ1n) is 4.64. The van der Waals surface area contributed by atoms with E-state index in [2.05, 4.69) is 15.1 Å². The van der Waals surface area contributed by atoms with E-state index in [1.54, 1.807) is 13.1 Å². The number of aromatic nitrogens is 4. The van der Waals surface area contributed by atoms with E-state index >= 15 is 0 Å². The van der Waals surface area contributed by atoms with Crippen molar-refractivity contribution < 1.29 is 9.90 Å². The molecule has 0 bridgehead atoms. The van der Waals surface area contributed by atoms with Gasteiger partial charge in [-0.05, 0) is 13.0 Å². The number of aryl methyl sites for hydroxylation is 2. The molecule has 6 nitrogen and oxygen atoms in total. The molecule has 0 amide bonds. The van der Waals surface area contributed by atoms with Crippen molar-refractivity contribution in [3.8, 4) is 11.3 Å². The second-order valence-corrected chi connectivity index (χ2v) is 3.38. The molecule has 0 radical (unpaired) electrons. The Labute approximate surface area is 91.6 Å². The summed E-state index contributed by atoms with van der Waals surface area (Å²) in [6, 6.07) is 1.73. The van der Waals surface area contributed by atoms with Crippen LogP contribution in [-0.4, -0.2) is 30.8 Å². The summed E-state index contributed by atoms with van der Waals surface area (Å²) in [7, 11) is 1.58. The van der Waals surface area contributed by atoms with Crippen LogP contribution in [-0.2, 0) is 7.05 Å². The zero-order valence-corrected chi connectivity index (χ0v) is 8.88. The minimum atomic E-state index is -1.02. The smallest absolute Gasteiger partial charge is 0.354 e. The number of hydrogen-bond donors (Lipinski definition) is 1. The van der Waals surface area contributed by atoms with Gasteiger partial charge in [-0.15, -0.1) is 0 Å². The Morgan fingerprint density at radius 1 is 1.44 bits per heavy atom. The van der Waals surface area contributed by atoms with Crippen molar-refractivity contribution in [2.24, 2.45) is 7.05 Å². The molecule has 0 saturated carbocycles. The summed E-state index contributed by atoms with van der Waals surface area (Å²) in [5.41, 5.74) is 1.97. The van der Waals surface area contributed by atoms with Gasteiger partial charge in [0, 0.05) is 12.7 Å². The quantitative estimate of drug-likeness (QED) is 0.809. The lowest BCUT2D eigenvalue weighted by atomic mass is 10.1. The van der Waals surface area contributed by atoms with E-state index < -0.39 is 5.97 Å². The van der Waals surface area contributed by atoms with Crippen LogP contribution in [0.15, 0.2) is 18.6 Å². The van der Waals surface area contributed by atoms with Crippen LogP contribution >= 0.6 is 0 Å². The standard InChI is InChI=1S/C10H10N4O2/c1-6-3-8(12-5-11-6)7-4-13-14(2)9(7)10(15)16/h3-5H,1-2H3,(H,15,16). The Bertz CT molecular complexity index is 548. The van der Waals surface area contributed by atoms with Crippen molar-refractivity contribution in [1.82, 2.24) is 19.7 Å². The molecule has 2 heterocycles. The number of carbonyl (C=O) groups is 1. The molecule has 16 heavy (non-hydrogen) atoms. The number of hydrogen-bond acceptors (Lipinski definition) is 4. The highest BCUT2D eigenvalue weighted by molar-refractivity contribution is 5.93. The molecule has 2 aromatic rings. The molecule has 0 atom stereocenters. The Kier molecular flexibility index (Phi) is 2.40. The second-order valence-electron chi connectivity index (χ2n) is 3.38. The summed E-state index contributed by atoms with van der Waals surface area (Å²) in [5, 5.41) is 13.0. The number of nitrogens with zero attached hydrogens (tertiary/aromatic N) is 4. The van der Waals surface area contributed by atoms with Crippen LogP contribution in [0.1, 0.15) is 16.2 Å². The zero-order chi connectivity index (χ0) is 11.7. The highest BCUT2D eigenvalue weighted by Gasteiger charge is 2.17. The second kappa shape index (κ2) is 3.73. The third-order valence-corrected chi connectivity index (χ3v) is 2.22. The lowest BCUT2D eigenvalue weighted by Crippen LogP contribution is -2.07. The first-order valence-corrected chi connectivity index (χ1v) is 4.64. The van der Waals surface area contributed by atoms with E-state index in [0.717, 1.165) is 5.69 Å². The van der Waals surface area contributed by atoms with E-state index in [1.165, 1.54) is 17.2 Å². The monoisotopic (exact) mass is 218 g/mol. The fourth-order valence-corrected chi connectivity index (χ4v) is 1.48. The van der Waals surface area contributed by atoms with E-state index in [1.807, 2.05) is 6.92 Å². The lowest BCUT2D eigenvalue weighted by molar-refractivity contribution is 0.0686. The van der Waals surface area contributed by atoms with Gasteiger partial charge in [0.1, 0.15) is 6.33 Å². The van der Waals surface area contributed by atoms with E-state index in [-0.39, 0.29) is 5.69 Å². The number of aromatic carboxylic acids is 1. The van der Waals surface area contributed by atoms with Gasteiger partial charge < -0.3 is 5.11 Å². The largest absolute Gasteiger partial charge is 0.477 e. The molecule has 0 aliphatic carbocycles. The summed E-state index contributed by atoms with van der Waals surface area (Å²) in [6.45, 7) is 1.82. The van der Waals surface area contributed by atoms with Crippen LogP contribution in [0.3, 0.4) is 0 Å². The lowest BCUT2D eigenvalue weighted by Gasteiger charge is -2.01. The van der Waals surface area contributed by atoms with Gasteiger partial charge in [0.15, 0.2) is 5.69 Å². The SMILES string of the molecule is Cc1cc(-c2cnn(C)c2C(=O)O)ncn1. The van der Waals surface area contributed by atoms with E-state index in [0.29, 0.717) is 11.3 Å². The first-order chi connectivity index (χ1) is 7.59. The third kappa shape index (κ3) is 1.65. The Hall–Kier alpha value is -2.24. The van der Waals surface area contributed by atoms with Crippen molar-refractivity contribution in [3.63, 3.8) is 0 Å². The molecule has 2 rings (SSSR count). The van der Waals surface area contributed by atoms with Crippen LogP contribution in [0.5, 0.6) is 0 Å². The average Bonchev–Trinajstić information content (AvgIpc) is 2.60. The first kappa shape index (κ1) is 10.3. The van der Waals surface area contributed by atoms with Crippen LogP contribution < -0.4 is 0 Å². The molecule has 0 aliphatic rings. The van der Waals surface area contributed by atoms with Gasteiger partial charge in [-0.25, -0.2) is 14.8 Å². The molecule has 0 fully saturated rings. The number of carboxylic acid groups (broad SMARTS) is 1. The normalized spacial score (nSPS) is 10.4. The summed E-state index contributed by atoms with van der Waals surface area (Å²) < 4.78 is 1.31. The van der Waals surface area contributed by atoms with Gasteiger partial charge in [0.05, 0.1) is 17.5 Å². The van der Waals surface area contributed by atoms with Gasteiger partial charge in [0.2, 0.25) is 0 Å². The molecule has 0 aliphatic heterocycles. The molecule has 0 aromatic carbocycles. The van der Waals surface area contributed by atoms with Crippen molar-refractivity contribution in [2.75, 3.05) is 0 Å². The van der Waals surface area contributed by atoms with E-state index in [9.17, 15) is 4.79 Å². The summed E-state index contributed by atoms with van der Waals surface area (Å²) in [5.74, 6) is -1.02. The minimum Gasteiger partial charge on any atom is -0.477 e. The maximum atomic E-state index is 11.1. The Morgan fingerprint density at radius 2 is 2.19 bits per heavy atom. The molecule has 1 N–H and O–H groups in total. The topological polar surface area (TPSA) is 80.9 Å². The maximum Gasteiger partial charge on any atom is 0.354 e. The van der Waals surface area contributed by atoms with E-state index in [4.69, 9.17) is 5.11 Å². The maximum absolute atomic E-state index is 11.1. The molecule has 0 saturated heterocycles. The van der Waals surface area contributed by atoms with Gasteiger partial charge in [0.25, 0.3) is 0 Å². The van der Waals surface area contributed by atoms with Crippen LogP contribution in [0.2, 0.25) is 0 Å². The van der Waals surface area contributed by atoms with Crippen molar-refractivity contribution in [3.05, 3.63) is 30.0 Å². The highest BCUT2D eigenvalue weighted by Crippen LogP contribution is 2.21. The average molecular weight is 218 g/mol. The molecule has 6 heteroatoms. The van der Waals surface area contributed by atoms with Crippen LogP contribution in [0, 0.1) is 6.92 Å². The Balaban J connectivity index is 2.60. The number of carboxylic acids is 1.